The van der Waals surface area contributed by atoms with Crippen molar-refractivity contribution in [3.8, 4) is 0 Å². The van der Waals surface area contributed by atoms with Crippen LogP contribution in [0.5, 0.6) is 0 Å². The van der Waals surface area contributed by atoms with Crippen molar-refractivity contribution in [3.05, 3.63) is 34.4 Å². The summed E-state index contributed by atoms with van der Waals surface area (Å²) in [5, 5.41) is 10.6. The molecule has 1 aromatic heterocycles. The Kier molecular flexibility index (Phi) is 3.81. The molecule has 1 saturated heterocycles. The molecule has 20 heavy (non-hydrogen) atoms. The lowest BCUT2D eigenvalue weighted by Crippen LogP contribution is -2.37. The summed E-state index contributed by atoms with van der Waals surface area (Å²) in [6.45, 7) is 1.72. The molecule has 1 atom stereocenters. The summed E-state index contributed by atoms with van der Waals surface area (Å²) in [6, 6.07) is 5.36. The van der Waals surface area contributed by atoms with Crippen LogP contribution in [0.3, 0.4) is 0 Å². The van der Waals surface area contributed by atoms with E-state index >= 15 is 0 Å². The van der Waals surface area contributed by atoms with Gasteiger partial charge in [-0.1, -0.05) is 28.4 Å². The van der Waals surface area contributed by atoms with Gasteiger partial charge in [-0.15, -0.1) is 0 Å². The lowest BCUT2D eigenvalue weighted by atomic mass is 10.0. The molecule has 5 heteroatoms. The van der Waals surface area contributed by atoms with Gasteiger partial charge in [0.25, 0.3) is 0 Å². The molecule has 0 aliphatic carbocycles. The first-order chi connectivity index (χ1) is 9.66. The van der Waals surface area contributed by atoms with Gasteiger partial charge < -0.3 is 10.1 Å². The molecule has 0 bridgehead atoms. The fourth-order valence-electron chi connectivity index (χ4n) is 3.01. The number of carboxylic acid groups (broad SMARTS) is 1. The van der Waals surface area contributed by atoms with Gasteiger partial charge in [0.1, 0.15) is 6.04 Å². The largest absolute Gasteiger partial charge is 0.480 e. The molecular formula is C15H17BrN2O2. The van der Waals surface area contributed by atoms with Crippen LogP contribution in [0.15, 0.2) is 28.9 Å². The Morgan fingerprint density at radius 3 is 2.75 bits per heavy atom. The summed E-state index contributed by atoms with van der Waals surface area (Å²) in [5.41, 5.74) is 1.83. The Labute approximate surface area is 125 Å². The number of nitrogens with zero attached hydrogens (tertiary/aromatic N) is 1. The van der Waals surface area contributed by atoms with Crippen LogP contribution in [0, 0.1) is 0 Å². The Morgan fingerprint density at radius 1 is 1.30 bits per heavy atom. The van der Waals surface area contributed by atoms with E-state index in [1.54, 1.807) is 0 Å². The van der Waals surface area contributed by atoms with E-state index in [0.717, 1.165) is 46.9 Å². The SMILES string of the molecule is O=C(O)[C@@H](c1c[nH]c2cc(Br)ccc12)N1CCCCC1. The molecule has 0 radical (unpaired) electrons. The minimum Gasteiger partial charge on any atom is -0.480 e. The third-order valence-corrected chi connectivity index (χ3v) is 4.45. The van der Waals surface area contributed by atoms with Crippen LogP contribution in [-0.4, -0.2) is 34.0 Å². The van der Waals surface area contributed by atoms with Crippen LogP contribution in [0.1, 0.15) is 30.9 Å². The second-order valence-corrected chi connectivity index (χ2v) is 6.19. The number of H-pyrrole nitrogens is 1. The average Bonchev–Trinajstić information content (AvgIpc) is 2.83. The van der Waals surface area contributed by atoms with Gasteiger partial charge in [-0.2, -0.15) is 0 Å². The van der Waals surface area contributed by atoms with Gasteiger partial charge in [-0.25, -0.2) is 0 Å². The van der Waals surface area contributed by atoms with E-state index in [0.29, 0.717) is 0 Å². The van der Waals surface area contributed by atoms with Gasteiger partial charge in [-0.3, -0.25) is 9.69 Å². The molecule has 0 amide bonds. The van der Waals surface area contributed by atoms with E-state index in [9.17, 15) is 9.90 Å². The highest BCUT2D eigenvalue weighted by atomic mass is 79.9. The van der Waals surface area contributed by atoms with Gasteiger partial charge in [-0.05, 0) is 38.1 Å². The highest BCUT2D eigenvalue weighted by molar-refractivity contribution is 9.10. The van der Waals surface area contributed by atoms with Gasteiger partial charge in [0.15, 0.2) is 0 Å². The first-order valence-corrected chi connectivity index (χ1v) is 7.69. The minimum atomic E-state index is -0.768. The standard InChI is InChI=1S/C15H17BrN2O2/c16-10-4-5-11-12(9-17-13(11)8-10)14(15(19)20)18-6-2-1-3-7-18/h4-5,8-9,14,17H,1-3,6-7H2,(H,19,20)/t14-/m1/s1. The normalized spacial score (nSPS) is 18.2. The van der Waals surface area contributed by atoms with Crippen LogP contribution < -0.4 is 0 Å². The summed E-state index contributed by atoms with van der Waals surface area (Å²) in [5.74, 6) is -0.768. The number of hydrogen-bond acceptors (Lipinski definition) is 2. The number of piperidine rings is 1. The lowest BCUT2D eigenvalue weighted by Gasteiger charge is -2.31. The smallest absolute Gasteiger partial charge is 0.325 e. The van der Waals surface area contributed by atoms with E-state index in [-0.39, 0.29) is 0 Å². The second-order valence-electron chi connectivity index (χ2n) is 5.27. The zero-order chi connectivity index (χ0) is 14.1. The van der Waals surface area contributed by atoms with Gasteiger partial charge in [0.2, 0.25) is 0 Å². The van der Waals surface area contributed by atoms with Crippen molar-refractivity contribution in [2.75, 3.05) is 13.1 Å². The summed E-state index contributed by atoms with van der Waals surface area (Å²) < 4.78 is 0.989. The molecule has 3 rings (SSSR count). The molecule has 1 aromatic carbocycles. The molecule has 0 saturated carbocycles. The minimum absolute atomic E-state index is 0.551. The molecule has 1 aliphatic heterocycles. The predicted molar refractivity (Wildman–Crippen MR) is 81.8 cm³/mol. The molecule has 1 fully saturated rings. The topological polar surface area (TPSA) is 56.3 Å². The van der Waals surface area contributed by atoms with Crippen molar-refractivity contribution in [2.24, 2.45) is 0 Å². The predicted octanol–water partition coefficient (Wildman–Crippen LogP) is 3.54. The average molecular weight is 337 g/mol. The molecule has 0 unspecified atom stereocenters. The van der Waals surface area contributed by atoms with E-state index in [4.69, 9.17) is 0 Å². The zero-order valence-electron chi connectivity index (χ0n) is 11.1. The molecule has 4 nitrogen and oxygen atoms in total. The van der Waals surface area contributed by atoms with E-state index in [1.165, 1.54) is 6.42 Å². The number of hydrogen-bond donors (Lipinski definition) is 2. The quantitative estimate of drug-likeness (QED) is 0.901. The van der Waals surface area contributed by atoms with Crippen LogP contribution in [0.25, 0.3) is 10.9 Å². The maximum atomic E-state index is 11.7. The number of aromatic amines is 1. The summed E-state index contributed by atoms with van der Waals surface area (Å²) in [7, 11) is 0. The number of carboxylic acids is 1. The fraction of sp³-hybridized carbons (Fsp3) is 0.400. The number of likely N-dealkylation sites (tertiary alicyclic amines) is 1. The molecule has 2 aromatic rings. The molecule has 1 aliphatic rings. The van der Waals surface area contributed by atoms with Crippen molar-refractivity contribution in [1.82, 2.24) is 9.88 Å². The van der Waals surface area contributed by atoms with E-state index in [2.05, 4.69) is 25.8 Å². The number of rotatable bonds is 3. The van der Waals surface area contributed by atoms with Gasteiger partial charge in [0, 0.05) is 27.1 Å². The summed E-state index contributed by atoms with van der Waals surface area (Å²) in [4.78, 5) is 17.0. The number of halogens is 1. The Bertz CT molecular complexity index is 632. The Hall–Kier alpha value is -1.33. The second kappa shape index (κ2) is 5.58. The number of aromatic nitrogens is 1. The third-order valence-electron chi connectivity index (χ3n) is 3.96. The maximum Gasteiger partial charge on any atom is 0.325 e. The van der Waals surface area contributed by atoms with Crippen LogP contribution in [-0.2, 0) is 4.79 Å². The first-order valence-electron chi connectivity index (χ1n) is 6.90. The highest BCUT2D eigenvalue weighted by Gasteiger charge is 2.30. The maximum absolute atomic E-state index is 11.7. The number of carbonyl (C=O) groups is 1. The Balaban J connectivity index is 2.02. The van der Waals surface area contributed by atoms with Crippen molar-refractivity contribution in [1.29, 1.82) is 0 Å². The monoisotopic (exact) mass is 336 g/mol. The van der Waals surface area contributed by atoms with Crippen molar-refractivity contribution < 1.29 is 9.90 Å². The zero-order valence-corrected chi connectivity index (χ0v) is 12.7. The van der Waals surface area contributed by atoms with E-state index in [1.807, 2.05) is 24.4 Å². The van der Waals surface area contributed by atoms with Crippen molar-refractivity contribution in [2.45, 2.75) is 25.3 Å². The number of benzene rings is 1. The number of aliphatic carboxylic acids is 1. The van der Waals surface area contributed by atoms with Crippen molar-refractivity contribution >= 4 is 32.8 Å². The molecular weight excluding hydrogens is 320 g/mol. The summed E-state index contributed by atoms with van der Waals surface area (Å²) >= 11 is 3.44. The summed E-state index contributed by atoms with van der Waals surface area (Å²) in [6.07, 6.45) is 5.20. The van der Waals surface area contributed by atoms with Gasteiger partial charge in [0.05, 0.1) is 0 Å². The van der Waals surface area contributed by atoms with Crippen LogP contribution in [0.4, 0.5) is 0 Å². The number of fused-ring (bicyclic) bond motifs is 1. The van der Waals surface area contributed by atoms with Crippen molar-refractivity contribution in [3.63, 3.8) is 0 Å². The molecule has 106 valence electrons. The first kappa shape index (κ1) is 13.6. The third kappa shape index (κ3) is 2.47. The van der Waals surface area contributed by atoms with Crippen LogP contribution >= 0.6 is 15.9 Å². The molecule has 2 heterocycles. The highest BCUT2D eigenvalue weighted by Crippen LogP contribution is 2.31. The lowest BCUT2D eigenvalue weighted by molar-refractivity contribution is -0.144. The number of nitrogens with one attached hydrogen (secondary N) is 1. The Morgan fingerprint density at radius 2 is 2.05 bits per heavy atom. The van der Waals surface area contributed by atoms with E-state index < -0.39 is 12.0 Å². The molecule has 2 N–H and O–H groups in total. The molecule has 0 spiro atoms. The van der Waals surface area contributed by atoms with Gasteiger partial charge >= 0.3 is 5.97 Å². The van der Waals surface area contributed by atoms with Crippen LogP contribution in [0.2, 0.25) is 0 Å². The fourth-order valence-corrected chi connectivity index (χ4v) is 3.37.